The molecule has 0 bridgehead atoms. The van der Waals surface area contributed by atoms with Crippen molar-refractivity contribution in [3.63, 3.8) is 0 Å². The Labute approximate surface area is 158 Å². The molecule has 0 fully saturated rings. The van der Waals surface area contributed by atoms with E-state index >= 15 is 0 Å². The van der Waals surface area contributed by atoms with Crippen molar-refractivity contribution in [3.8, 4) is 11.5 Å². The summed E-state index contributed by atoms with van der Waals surface area (Å²) >= 11 is 12.1. The molecule has 0 spiro atoms. The van der Waals surface area contributed by atoms with Crippen molar-refractivity contribution in [2.24, 2.45) is 0 Å². The highest BCUT2D eigenvalue weighted by atomic mass is 35.5. The van der Waals surface area contributed by atoms with Gasteiger partial charge in [0.2, 0.25) is 5.91 Å². The molecule has 0 heterocycles. The van der Waals surface area contributed by atoms with Gasteiger partial charge < -0.3 is 14.8 Å². The lowest BCUT2D eigenvalue weighted by Crippen LogP contribution is -2.25. The zero-order valence-corrected chi connectivity index (χ0v) is 15.8. The molecule has 0 aliphatic carbocycles. The van der Waals surface area contributed by atoms with Gasteiger partial charge in [-0.1, -0.05) is 41.4 Å². The number of hydrogen-bond donors (Lipinski definition) is 1. The maximum absolute atomic E-state index is 12.0. The van der Waals surface area contributed by atoms with Gasteiger partial charge in [0, 0.05) is 13.0 Å². The predicted molar refractivity (Wildman–Crippen MR) is 101 cm³/mol. The van der Waals surface area contributed by atoms with Gasteiger partial charge in [-0.15, -0.1) is 0 Å². The molecule has 4 nitrogen and oxygen atoms in total. The molecule has 1 N–H and O–H groups in total. The highest BCUT2D eigenvalue weighted by Gasteiger charge is 2.08. The summed E-state index contributed by atoms with van der Waals surface area (Å²) < 4.78 is 10.5. The Bertz CT molecular complexity index is 735. The first-order chi connectivity index (χ1) is 12.0. The first-order valence-electron chi connectivity index (χ1n) is 7.95. The van der Waals surface area contributed by atoms with Crippen LogP contribution in [0.1, 0.15) is 17.5 Å². The molecular weight excluding hydrogens is 361 g/mol. The van der Waals surface area contributed by atoms with Crippen molar-refractivity contribution >= 4 is 29.1 Å². The van der Waals surface area contributed by atoms with Crippen molar-refractivity contribution in [3.05, 3.63) is 57.6 Å². The second-order valence-corrected chi connectivity index (χ2v) is 6.29. The molecule has 0 aliphatic heterocycles. The van der Waals surface area contributed by atoms with Crippen molar-refractivity contribution in [1.82, 2.24) is 5.32 Å². The molecule has 2 aromatic carbocycles. The Morgan fingerprint density at radius 1 is 1.04 bits per heavy atom. The van der Waals surface area contributed by atoms with Crippen LogP contribution in [-0.2, 0) is 17.6 Å². The van der Waals surface area contributed by atoms with E-state index in [1.165, 1.54) is 0 Å². The van der Waals surface area contributed by atoms with Crippen LogP contribution in [0.4, 0.5) is 0 Å². The van der Waals surface area contributed by atoms with E-state index in [0.29, 0.717) is 47.4 Å². The molecule has 2 aromatic rings. The second kappa shape index (κ2) is 9.54. The SMILES string of the molecule is COc1ccc(CCNC(=O)CCc2cccc(Cl)c2Cl)cc1OC. The maximum atomic E-state index is 12.0. The molecule has 0 unspecified atom stereocenters. The summed E-state index contributed by atoms with van der Waals surface area (Å²) in [6, 6.07) is 11.2. The summed E-state index contributed by atoms with van der Waals surface area (Å²) in [4.78, 5) is 12.0. The lowest BCUT2D eigenvalue weighted by molar-refractivity contribution is -0.121. The van der Waals surface area contributed by atoms with Crippen LogP contribution in [0.2, 0.25) is 10.0 Å². The summed E-state index contributed by atoms with van der Waals surface area (Å²) in [7, 11) is 3.20. The molecule has 0 aliphatic rings. The largest absolute Gasteiger partial charge is 0.493 e. The number of benzene rings is 2. The monoisotopic (exact) mass is 381 g/mol. The maximum Gasteiger partial charge on any atom is 0.220 e. The summed E-state index contributed by atoms with van der Waals surface area (Å²) in [5, 5.41) is 3.94. The average Bonchev–Trinajstić information content (AvgIpc) is 2.62. The molecule has 0 radical (unpaired) electrons. The van der Waals surface area contributed by atoms with Gasteiger partial charge in [-0.05, 0) is 42.2 Å². The van der Waals surface area contributed by atoms with E-state index in [1.54, 1.807) is 20.3 Å². The summed E-state index contributed by atoms with van der Waals surface area (Å²) in [6.07, 6.45) is 1.64. The standard InChI is InChI=1S/C19H21Cl2NO3/c1-24-16-8-6-13(12-17(16)25-2)10-11-22-18(23)9-7-14-4-3-5-15(20)19(14)21/h3-6,8,12H,7,9-11H2,1-2H3,(H,22,23). The van der Waals surface area contributed by atoms with Gasteiger partial charge in [0.15, 0.2) is 11.5 Å². The number of ether oxygens (including phenoxy) is 2. The van der Waals surface area contributed by atoms with Crippen molar-refractivity contribution in [2.45, 2.75) is 19.3 Å². The average molecular weight is 382 g/mol. The van der Waals surface area contributed by atoms with Crippen LogP contribution in [0.15, 0.2) is 36.4 Å². The van der Waals surface area contributed by atoms with Crippen molar-refractivity contribution < 1.29 is 14.3 Å². The lowest BCUT2D eigenvalue weighted by Gasteiger charge is -2.10. The van der Waals surface area contributed by atoms with Crippen LogP contribution < -0.4 is 14.8 Å². The van der Waals surface area contributed by atoms with E-state index < -0.39 is 0 Å². The minimum absolute atomic E-state index is 0.0171. The Hall–Kier alpha value is -1.91. The molecule has 0 saturated carbocycles. The molecule has 0 saturated heterocycles. The van der Waals surface area contributed by atoms with Crippen LogP contribution >= 0.6 is 23.2 Å². The third-order valence-corrected chi connectivity index (χ3v) is 4.69. The first-order valence-corrected chi connectivity index (χ1v) is 8.71. The van der Waals surface area contributed by atoms with Gasteiger partial charge in [0.25, 0.3) is 0 Å². The minimum atomic E-state index is -0.0171. The van der Waals surface area contributed by atoms with E-state index in [4.69, 9.17) is 32.7 Å². The van der Waals surface area contributed by atoms with Gasteiger partial charge in [-0.2, -0.15) is 0 Å². The Morgan fingerprint density at radius 2 is 1.80 bits per heavy atom. The van der Waals surface area contributed by atoms with Gasteiger partial charge in [-0.25, -0.2) is 0 Å². The molecule has 2 rings (SSSR count). The molecule has 134 valence electrons. The predicted octanol–water partition coefficient (Wildman–Crippen LogP) is 4.30. The summed E-state index contributed by atoms with van der Waals surface area (Å²) in [6.45, 7) is 0.553. The molecular formula is C19H21Cl2NO3. The topological polar surface area (TPSA) is 47.6 Å². The third kappa shape index (κ3) is 5.55. The zero-order valence-electron chi connectivity index (χ0n) is 14.3. The second-order valence-electron chi connectivity index (χ2n) is 5.50. The summed E-state index contributed by atoms with van der Waals surface area (Å²) in [5.74, 6) is 1.35. The molecule has 6 heteroatoms. The third-order valence-electron chi connectivity index (χ3n) is 3.84. The molecule has 0 atom stereocenters. The smallest absolute Gasteiger partial charge is 0.220 e. The van der Waals surface area contributed by atoms with Gasteiger partial charge in [0.05, 0.1) is 24.3 Å². The van der Waals surface area contributed by atoms with Crippen LogP contribution in [-0.4, -0.2) is 26.7 Å². The Morgan fingerprint density at radius 3 is 2.52 bits per heavy atom. The Kier molecular flexibility index (Phi) is 7.41. The van der Waals surface area contributed by atoms with Crippen LogP contribution in [0.3, 0.4) is 0 Å². The van der Waals surface area contributed by atoms with Gasteiger partial charge >= 0.3 is 0 Å². The van der Waals surface area contributed by atoms with Crippen molar-refractivity contribution in [2.75, 3.05) is 20.8 Å². The van der Waals surface area contributed by atoms with E-state index in [9.17, 15) is 4.79 Å². The number of aryl methyl sites for hydroxylation is 1. The number of nitrogens with one attached hydrogen (secondary N) is 1. The fraction of sp³-hybridized carbons (Fsp3) is 0.316. The van der Waals surface area contributed by atoms with E-state index in [2.05, 4.69) is 5.32 Å². The van der Waals surface area contributed by atoms with Gasteiger partial charge in [-0.3, -0.25) is 4.79 Å². The van der Waals surface area contributed by atoms with Crippen LogP contribution in [0, 0.1) is 0 Å². The molecule has 25 heavy (non-hydrogen) atoms. The highest BCUT2D eigenvalue weighted by molar-refractivity contribution is 6.42. The van der Waals surface area contributed by atoms with Crippen LogP contribution in [0.25, 0.3) is 0 Å². The van der Waals surface area contributed by atoms with E-state index in [-0.39, 0.29) is 5.91 Å². The quantitative estimate of drug-likeness (QED) is 0.741. The van der Waals surface area contributed by atoms with E-state index in [1.807, 2.05) is 30.3 Å². The fourth-order valence-corrected chi connectivity index (χ4v) is 2.88. The van der Waals surface area contributed by atoms with Crippen molar-refractivity contribution in [1.29, 1.82) is 0 Å². The normalized spacial score (nSPS) is 10.4. The van der Waals surface area contributed by atoms with E-state index in [0.717, 1.165) is 11.1 Å². The number of amides is 1. The first kappa shape index (κ1) is 19.4. The minimum Gasteiger partial charge on any atom is -0.493 e. The number of carbonyl (C=O) groups is 1. The summed E-state index contributed by atoms with van der Waals surface area (Å²) in [5.41, 5.74) is 1.94. The fourth-order valence-electron chi connectivity index (χ4n) is 2.46. The number of methoxy groups -OCH3 is 2. The lowest BCUT2D eigenvalue weighted by atomic mass is 10.1. The number of hydrogen-bond acceptors (Lipinski definition) is 3. The molecule has 0 aromatic heterocycles. The zero-order chi connectivity index (χ0) is 18.2. The number of halogens is 2. The van der Waals surface area contributed by atoms with Gasteiger partial charge in [0.1, 0.15) is 0 Å². The number of carbonyl (C=O) groups excluding carboxylic acids is 1. The Balaban J connectivity index is 1.80. The van der Waals surface area contributed by atoms with Crippen LogP contribution in [0.5, 0.6) is 11.5 Å². The number of rotatable bonds is 8. The highest BCUT2D eigenvalue weighted by Crippen LogP contribution is 2.28. The molecule has 1 amide bonds.